The molecule has 0 saturated carbocycles. The summed E-state index contributed by atoms with van der Waals surface area (Å²) in [5, 5.41) is 24.1. The molecule has 9 aromatic carbocycles. The number of thiazole rings is 2. The highest BCUT2D eigenvalue weighted by Crippen LogP contribution is 2.32. The topological polar surface area (TPSA) is 316 Å². The average molecular weight is 1470 g/mol. The predicted molar refractivity (Wildman–Crippen MR) is 400 cm³/mol. The molecule has 2 aromatic heterocycles. The van der Waals surface area contributed by atoms with E-state index in [1.54, 1.807) is 142 Å². The summed E-state index contributed by atoms with van der Waals surface area (Å²) in [5.41, 5.74) is 14.5. The number of carbonyl (C=O) groups excluding carboxylic acids is 2. The van der Waals surface area contributed by atoms with Crippen LogP contribution in [-0.2, 0) is 53.9 Å². The first kappa shape index (κ1) is 74.9. The number of thiocarbonyl (C=S) groups is 1. The fourth-order valence-corrected chi connectivity index (χ4v) is 15.3. The molecule has 21 nitrogen and oxygen atoms in total. The van der Waals surface area contributed by atoms with Crippen LogP contribution in [0.5, 0.6) is 0 Å². The van der Waals surface area contributed by atoms with Crippen molar-refractivity contribution in [3.63, 3.8) is 0 Å². The van der Waals surface area contributed by atoms with E-state index in [-0.39, 0.29) is 52.3 Å². The Labute approximate surface area is 600 Å². The largest absolute Gasteiger partial charge is 0.481 e. The van der Waals surface area contributed by atoms with Gasteiger partial charge in [0, 0.05) is 40.2 Å². The Balaban J connectivity index is 0.000000177. The smallest absolute Gasteiger partial charge is 0.307 e. The number of ether oxygens (including phenoxy) is 2. The maximum Gasteiger partial charge on any atom is 0.307 e. The number of nitrogens with zero attached hydrogens (tertiary/aromatic N) is 2. The van der Waals surface area contributed by atoms with Crippen molar-refractivity contribution in [1.29, 1.82) is 0 Å². The van der Waals surface area contributed by atoms with Crippen molar-refractivity contribution in [3.8, 4) is 33.4 Å². The summed E-state index contributed by atoms with van der Waals surface area (Å²) in [4.78, 5) is 44.3. The van der Waals surface area contributed by atoms with Gasteiger partial charge < -0.3 is 36.3 Å². The number of nitrogens with one attached hydrogen (secondary N) is 6. The Morgan fingerprint density at radius 1 is 0.436 bits per heavy atom. The molecule has 27 heteroatoms. The maximum atomic E-state index is 13.3. The van der Waals surface area contributed by atoms with Gasteiger partial charge in [0.1, 0.15) is 0 Å². The van der Waals surface area contributed by atoms with Gasteiger partial charge in [0.05, 0.1) is 65.3 Å². The molecule has 0 spiro atoms. The second-order valence-corrected chi connectivity index (χ2v) is 29.5. The minimum Gasteiger partial charge on any atom is -0.481 e. The molecule has 2 heterocycles. The number of esters is 2. The van der Waals surface area contributed by atoms with Crippen LogP contribution in [0.3, 0.4) is 0 Å². The van der Waals surface area contributed by atoms with Gasteiger partial charge >= 0.3 is 17.9 Å². The Kier molecular flexibility index (Phi) is 26.8. The van der Waals surface area contributed by atoms with Crippen molar-refractivity contribution in [3.05, 3.63) is 276 Å². The zero-order valence-corrected chi connectivity index (χ0v) is 59.4. The molecular formula is C74H71N9O12S6. The molecule has 0 fully saturated rings. The number of carboxylic acids is 1. The first-order chi connectivity index (χ1) is 48.6. The van der Waals surface area contributed by atoms with Crippen LogP contribution >= 0.6 is 34.9 Å². The molecular weight excluding hydrogens is 1400 g/mol. The van der Waals surface area contributed by atoms with Crippen molar-refractivity contribution in [2.45, 2.75) is 65.9 Å². The number of nitrogens with two attached hydrogens (primary N) is 1. The molecule has 0 aliphatic rings. The first-order valence-electron chi connectivity index (χ1n) is 31.4. The fraction of sp³-hybridized carbons (Fsp3) is 0.135. The third-order valence-corrected chi connectivity index (χ3v) is 20.8. The lowest BCUT2D eigenvalue weighted by atomic mass is 10.1. The zero-order chi connectivity index (χ0) is 71.8. The van der Waals surface area contributed by atoms with E-state index in [2.05, 4.69) is 40.1 Å². The molecule has 101 heavy (non-hydrogen) atoms. The standard InChI is InChI=1S/C26H25N3O4S2.C24H21N3O4S2.C24H25N3O4S2/c1-2-33-25(30)18-24(19-8-4-3-5-9-19)29-35(31,32)23-13-7-11-21(17-23)20-10-6-12-22(16-20)28-26-27-14-15-34-26;28-23(29)16-22(17-6-2-1-3-7-17)27-33(30,31)21-11-5-9-19(15-21)18-8-4-10-20(14-18)26-24-25-12-13-32-24;1-2-31-23(28)16-22(17-8-4-3-5-9-17)27-33(29,30)21-13-7-11-19(15-21)18-10-6-12-20(14-18)26-24(25)32/h3-17,24,29H,2,18H2,1H3,(H,27,28);1-15,22,27H,16H2,(H,25,26)(H,28,29);3-15,22,27H,2,16H2,1H3,(H3,25,26,32). The summed E-state index contributed by atoms with van der Waals surface area (Å²) in [6, 6.07) is 66.6. The van der Waals surface area contributed by atoms with Crippen molar-refractivity contribution < 1.29 is 54.2 Å². The lowest BCUT2D eigenvalue weighted by Crippen LogP contribution is -2.30. The second kappa shape index (κ2) is 36.1. The minimum absolute atomic E-state index is 0.0598. The van der Waals surface area contributed by atoms with E-state index < -0.39 is 66.1 Å². The van der Waals surface area contributed by atoms with E-state index >= 15 is 0 Å². The van der Waals surface area contributed by atoms with Crippen LogP contribution in [0.15, 0.2) is 274 Å². The number of carboxylic acid groups (broad SMARTS) is 1. The number of carbonyl (C=O) groups is 3. The van der Waals surface area contributed by atoms with E-state index in [0.717, 1.165) is 49.5 Å². The quantitative estimate of drug-likeness (QED) is 0.0167. The van der Waals surface area contributed by atoms with Gasteiger partial charge in [-0.2, -0.15) is 0 Å². The van der Waals surface area contributed by atoms with Crippen LogP contribution in [0.1, 0.15) is 67.9 Å². The van der Waals surface area contributed by atoms with Crippen molar-refractivity contribution in [2.75, 3.05) is 29.2 Å². The Morgan fingerprint density at radius 2 is 0.743 bits per heavy atom. The number of aliphatic carboxylic acids is 1. The average Bonchev–Trinajstić information content (AvgIpc) is 1.21. The highest BCUT2D eigenvalue weighted by atomic mass is 32.2. The molecule has 3 unspecified atom stereocenters. The van der Waals surface area contributed by atoms with E-state index in [4.69, 9.17) is 27.4 Å². The van der Waals surface area contributed by atoms with Gasteiger partial charge in [0.2, 0.25) is 30.1 Å². The van der Waals surface area contributed by atoms with Gasteiger partial charge in [0.15, 0.2) is 15.4 Å². The number of rotatable bonds is 28. The minimum atomic E-state index is -3.97. The van der Waals surface area contributed by atoms with E-state index in [1.807, 2.05) is 114 Å². The van der Waals surface area contributed by atoms with Gasteiger partial charge in [-0.05, 0) is 149 Å². The van der Waals surface area contributed by atoms with E-state index in [0.29, 0.717) is 27.9 Å². The van der Waals surface area contributed by atoms with E-state index in [9.17, 15) is 44.7 Å². The van der Waals surface area contributed by atoms with E-state index in [1.165, 1.54) is 40.9 Å². The number of hydrogen-bond acceptors (Lipinski definition) is 18. The zero-order valence-electron chi connectivity index (χ0n) is 54.5. The number of hydrogen-bond donors (Lipinski definition) is 8. The highest BCUT2D eigenvalue weighted by molar-refractivity contribution is 7.90. The summed E-state index contributed by atoms with van der Waals surface area (Å²) in [5.74, 6) is -2.04. The van der Waals surface area contributed by atoms with Crippen LogP contribution in [0.2, 0.25) is 0 Å². The lowest BCUT2D eigenvalue weighted by Gasteiger charge is -2.19. The van der Waals surface area contributed by atoms with Gasteiger partial charge in [-0.3, -0.25) is 14.4 Å². The molecule has 0 aliphatic carbocycles. The number of anilines is 5. The van der Waals surface area contributed by atoms with Crippen LogP contribution in [0, 0.1) is 0 Å². The molecule has 3 atom stereocenters. The molecule has 520 valence electrons. The molecule has 11 rings (SSSR count). The molecule has 9 N–H and O–H groups in total. The highest BCUT2D eigenvalue weighted by Gasteiger charge is 2.28. The molecule has 11 aromatic rings. The van der Waals surface area contributed by atoms with Crippen molar-refractivity contribution in [2.24, 2.45) is 5.73 Å². The van der Waals surface area contributed by atoms with Crippen molar-refractivity contribution in [1.82, 2.24) is 24.1 Å². The normalized spacial score (nSPS) is 12.1. The number of benzene rings is 9. The number of aromatic nitrogens is 2. The Hall–Kier alpha value is -10.3. The summed E-state index contributed by atoms with van der Waals surface area (Å²) < 4.78 is 97.4. The predicted octanol–water partition coefficient (Wildman–Crippen LogP) is 14.6. The van der Waals surface area contributed by atoms with Gasteiger partial charge in [-0.25, -0.2) is 49.4 Å². The lowest BCUT2D eigenvalue weighted by molar-refractivity contribution is -0.144. The van der Waals surface area contributed by atoms with Gasteiger partial charge in [0.25, 0.3) is 0 Å². The SMILES string of the molecule is CCOC(=O)CC(NS(=O)(=O)c1cccc(-c2cccc(NC(N)=S)c2)c1)c1ccccc1.CCOC(=O)CC(NS(=O)(=O)c1cccc(-c2cccc(Nc3nccs3)c2)c1)c1ccccc1.O=C(O)CC(NS(=O)(=O)c1cccc(-c2cccc(Nc3nccs3)c2)c1)c1ccccc1. The van der Waals surface area contributed by atoms with Crippen LogP contribution in [0.25, 0.3) is 33.4 Å². The van der Waals surface area contributed by atoms with Crippen LogP contribution < -0.4 is 35.9 Å². The molecule has 0 saturated heterocycles. The summed E-state index contributed by atoms with van der Waals surface area (Å²) in [6.45, 7) is 3.87. The molecule has 0 radical (unpaired) electrons. The fourth-order valence-electron chi connectivity index (χ4n) is 10.3. The molecule has 0 amide bonds. The Morgan fingerprint density at radius 3 is 1.05 bits per heavy atom. The third kappa shape index (κ3) is 22.6. The number of sulfonamides is 3. The van der Waals surface area contributed by atoms with Crippen LogP contribution in [-0.4, -0.2) is 76.6 Å². The van der Waals surface area contributed by atoms with Gasteiger partial charge in [-0.15, -0.1) is 22.7 Å². The summed E-state index contributed by atoms with van der Waals surface area (Å²) in [7, 11) is -11.8. The molecule has 0 bridgehead atoms. The Bertz CT molecular complexity index is 4930. The molecule has 0 aliphatic heterocycles. The maximum absolute atomic E-state index is 13.3. The van der Waals surface area contributed by atoms with Crippen LogP contribution in [0.4, 0.5) is 27.3 Å². The summed E-state index contributed by atoms with van der Waals surface area (Å²) >= 11 is 7.85. The first-order valence-corrected chi connectivity index (χ1v) is 38.0. The summed E-state index contributed by atoms with van der Waals surface area (Å²) in [6.07, 6.45) is 2.84. The van der Waals surface area contributed by atoms with Crippen molar-refractivity contribution >= 4 is 115 Å². The second-order valence-electron chi connectivity index (χ2n) is 22.1. The third-order valence-electron chi connectivity index (χ3n) is 14.9. The van der Waals surface area contributed by atoms with Gasteiger partial charge in [-0.1, -0.05) is 164 Å². The monoisotopic (exact) mass is 1470 g/mol.